The normalized spacial score (nSPS) is 15.1. The average Bonchev–Trinajstić information content (AvgIpc) is 2.48. The zero-order valence-electron chi connectivity index (χ0n) is 12.5. The summed E-state index contributed by atoms with van der Waals surface area (Å²) in [6, 6.07) is 5.96. The second-order valence-corrected chi connectivity index (χ2v) is 6.32. The number of carbonyl (C=O) groups is 1. The summed E-state index contributed by atoms with van der Waals surface area (Å²) in [5, 5.41) is 15.0. The zero-order valence-corrected chi connectivity index (χ0v) is 13.3. The molecule has 21 heavy (non-hydrogen) atoms. The minimum atomic E-state index is -0.179. The first-order valence-corrected chi connectivity index (χ1v) is 8.92. The molecule has 2 amide bonds. The van der Waals surface area contributed by atoms with E-state index >= 15 is 0 Å². The van der Waals surface area contributed by atoms with Crippen LogP contribution in [0.5, 0.6) is 0 Å². The molecule has 1 aromatic carbocycles. The van der Waals surface area contributed by atoms with Crippen LogP contribution in [0.25, 0.3) is 0 Å². The number of hydrogen-bond donors (Lipinski definition) is 3. The largest absolute Gasteiger partial charge is 0.396 e. The van der Waals surface area contributed by atoms with E-state index in [1.807, 2.05) is 18.4 Å². The molecule has 0 aromatic heterocycles. The van der Waals surface area contributed by atoms with Crippen LogP contribution in [0, 0.1) is 0 Å². The molecule has 0 bridgehead atoms. The van der Waals surface area contributed by atoms with Gasteiger partial charge in [0.05, 0.1) is 0 Å². The number of aliphatic hydroxyl groups excluding tert-OH is 1. The quantitative estimate of drug-likeness (QED) is 0.757. The molecule has 1 aliphatic carbocycles. The van der Waals surface area contributed by atoms with Gasteiger partial charge in [-0.3, -0.25) is 0 Å². The summed E-state index contributed by atoms with van der Waals surface area (Å²) in [6.45, 7) is 0.0895. The van der Waals surface area contributed by atoms with Gasteiger partial charge in [0, 0.05) is 24.1 Å². The first kappa shape index (κ1) is 16.2. The maximum Gasteiger partial charge on any atom is 0.319 e. The third-order valence-electron chi connectivity index (χ3n) is 3.82. The second-order valence-electron chi connectivity index (χ2n) is 5.41. The fourth-order valence-corrected chi connectivity index (χ4v) is 3.45. The molecule has 0 saturated heterocycles. The van der Waals surface area contributed by atoms with Crippen molar-refractivity contribution in [3.8, 4) is 0 Å². The van der Waals surface area contributed by atoms with Crippen LogP contribution in [0.3, 0.4) is 0 Å². The predicted molar refractivity (Wildman–Crippen MR) is 89.1 cm³/mol. The van der Waals surface area contributed by atoms with Crippen molar-refractivity contribution in [1.82, 2.24) is 5.32 Å². The van der Waals surface area contributed by atoms with E-state index in [-0.39, 0.29) is 18.7 Å². The summed E-state index contributed by atoms with van der Waals surface area (Å²) in [7, 11) is 0. The van der Waals surface area contributed by atoms with Crippen molar-refractivity contribution < 1.29 is 9.90 Å². The van der Waals surface area contributed by atoms with E-state index in [0.717, 1.165) is 24.3 Å². The molecule has 3 N–H and O–H groups in total. The molecule has 0 fully saturated rings. The third kappa shape index (κ3) is 4.64. The molecule has 5 heteroatoms. The number of urea groups is 1. The Morgan fingerprint density at radius 3 is 2.95 bits per heavy atom. The summed E-state index contributed by atoms with van der Waals surface area (Å²) >= 11 is 1.67. The zero-order chi connectivity index (χ0) is 15.1. The van der Waals surface area contributed by atoms with Gasteiger partial charge in [-0.15, -0.1) is 0 Å². The van der Waals surface area contributed by atoms with E-state index in [1.165, 1.54) is 24.0 Å². The highest BCUT2D eigenvalue weighted by atomic mass is 32.2. The fourth-order valence-electron chi connectivity index (χ4n) is 2.80. The molecule has 4 nitrogen and oxygen atoms in total. The van der Waals surface area contributed by atoms with Crippen molar-refractivity contribution in [1.29, 1.82) is 0 Å². The lowest BCUT2D eigenvalue weighted by Crippen LogP contribution is -2.40. The number of aliphatic hydroxyl groups is 1. The Kier molecular flexibility index (Phi) is 6.39. The molecule has 0 unspecified atom stereocenters. The van der Waals surface area contributed by atoms with Crippen LogP contribution in [-0.2, 0) is 12.8 Å². The van der Waals surface area contributed by atoms with Crippen molar-refractivity contribution >= 4 is 23.5 Å². The van der Waals surface area contributed by atoms with Crippen LogP contribution in [0.1, 0.15) is 30.4 Å². The minimum Gasteiger partial charge on any atom is -0.396 e. The molecule has 0 heterocycles. The van der Waals surface area contributed by atoms with Gasteiger partial charge in [-0.05, 0) is 55.6 Å². The summed E-state index contributed by atoms with van der Waals surface area (Å²) in [5.41, 5.74) is 3.56. The van der Waals surface area contributed by atoms with E-state index in [1.54, 1.807) is 11.8 Å². The first-order chi connectivity index (χ1) is 10.2. The molecule has 1 atom stereocenters. The molecule has 116 valence electrons. The van der Waals surface area contributed by atoms with Gasteiger partial charge in [0.25, 0.3) is 0 Å². The topological polar surface area (TPSA) is 61.4 Å². The van der Waals surface area contributed by atoms with Crippen LogP contribution in [-0.4, -0.2) is 35.8 Å². The lowest BCUT2D eigenvalue weighted by atomic mass is 9.90. The number of rotatable bonds is 6. The van der Waals surface area contributed by atoms with Crippen LogP contribution in [0.4, 0.5) is 10.5 Å². The second kappa shape index (κ2) is 8.29. The van der Waals surface area contributed by atoms with Crippen LogP contribution >= 0.6 is 11.8 Å². The number of nitrogens with one attached hydrogen (secondary N) is 2. The molecule has 1 aromatic rings. The van der Waals surface area contributed by atoms with Crippen molar-refractivity contribution in [2.24, 2.45) is 0 Å². The molecule has 0 saturated carbocycles. The van der Waals surface area contributed by atoms with Gasteiger partial charge in [-0.1, -0.05) is 12.1 Å². The maximum atomic E-state index is 12.1. The Balaban J connectivity index is 1.99. The highest BCUT2D eigenvalue weighted by Gasteiger charge is 2.16. The number of aryl methyl sites for hydroxylation is 1. The Hall–Kier alpha value is -1.20. The van der Waals surface area contributed by atoms with Crippen molar-refractivity contribution in [2.45, 2.75) is 38.1 Å². The van der Waals surface area contributed by atoms with E-state index in [9.17, 15) is 4.79 Å². The minimum absolute atomic E-state index is 0.00420. The standard InChI is InChI=1S/C16H24N2O2S/c1-21-11-13(9-10-19)17-16(20)18-15-8-4-6-12-5-2-3-7-14(12)15/h4,6,8,13,19H,2-3,5,7,9-11H2,1H3,(H2,17,18,20)/t13-/m0/s1. The number of benzene rings is 1. The Morgan fingerprint density at radius 1 is 1.38 bits per heavy atom. The predicted octanol–water partition coefficient (Wildman–Crippen LogP) is 2.80. The van der Waals surface area contributed by atoms with Crippen LogP contribution in [0.15, 0.2) is 18.2 Å². The summed E-state index contributed by atoms with van der Waals surface area (Å²) < 4.78 is 0. The molecular weight excluding hydrogens is 284 g/mol. The third-order valence-corrected chi connectivity index (χ3v) is 4.56. The molecule has 2 rings (SSSR count). The molecule has 1 aliphatic rings. The summed E-state index contributed by atoms with van der Waals surface area (Å²) in [4.78, 5) is 12.1. The van der Waals surface area contributed by atoms with Gasteiger partial charge in [-0.25, -0.2) is 4.79 Å². The number of amides is 2. The van der Waals surface area contributed by atoms with E-state index in [2.05, 4.69) is 16.7 Å². The smallest absolute Gasteiger partial charge is 0.319 e. The van der Waals surface area contributed by atoms with Crippen LogP contribution in [0.2, 0.25) is 0 Å². The van der Waals surface area contributed by atoms with Gasteiger partial charge in [0.1, 0.15) is 0 Å². The highest BCUT2D eigenvalue weighted by molar-refractivity contribution is 7.98. The van der Waals surface area contributed by atoms with Gasteiger partial charge in [0.15, 0.2) is 0 Å². The molecule has 0 spiro atoms. The Labute approximate surface area is 130 Å². The molecular formula is C16H24N2O2S. The maximum absolute atomic E-state index is 12.1. The highest BCUT2D eigenvalue weighted by Crippen LogP contribution is 2.27. The van der Waals surface area contributed by atoms with Gasteiger partial charge >= 0.3 is 6.03 Å². The van der Waals surface area contributed by atoms with Crippen LogP contribution < -0.4 is 10.6 Å². The van der Waals surface area contributed by atoms with Crippen molar-refractivity contribution in [2.75, 3.05) is 23.9 Å². The first-order valence-electron chi connectivity index (χ1n) is 7.52. The average molecular weight is 308 g/mol. The summed E-state index contributed by atoms with van der Waals surface area (Å²) in [5.74, 6) is 0.806. The number of thioether (sulfide) groups is 1. The lowest BCUT2D eigenvalue weighted by molar-refractivity contribution is 0.241. The number of fused-ring (bicyclic) bond motifs is 1. The fraction of sp³-hybridized carbons (Fsp3) is 0.562. The van der Waals surface area contributed by atoms with E-state index < -0.39 is 0 Å². The lowest BCUT2D eigenvalue weighted by Gasteiger charge is -2.21. The number of hydrogen-bond acceptors (Lipinski definition) is 3. The van der Waals surface area contributed by atoms with Crippen molar-refractivity contribution in [3.63, 3.8) is 0 Å². The Bertz CT molecular complexity index is 473. The van der Waals surface area contributed by atoms with Gasteiger partial charge in [-0.2, -0.15) is 11.8 Å². The van der Waals surface area contributed by atoms with E-state index in [0.29, 0.717) is 6.42 Å². The monoisotopic (exact) mass is 308 g/mol. The van der Waals surface area contributed by atoms with E-state index in [4.69, 9.17) is 5.11 Å². The van der Waals surface area contributed by atoms with Gasteiger partial charge in [0.2, 0.25) is 0 Å². The molecule has 0 aliphatic heterocycles. The number of anilines is 1. The van der Waals surface area contributed by atoms with Crippen molar-refractivity contribution in [3.05, 3.63) is 29.3 Å². The Morgan fingerprint density at radius 2 is 2.19 bits per heavy atom. The number of carbonyl (C=O) groups excluding carboxylic acids is 1. The van der Waals surface area contributed by atoms with Gasteiger partial charge < -0.3 is 15.7 Å². The molecule has 0 radical (unpaired) electrons. The summed E-state index contributed by atoms with van der Waals surface area (Å²) in [6.07, 6.45) is 7.14. The SMILES string of the molecule is CSC[C@H](CCO)NC(=O)Nc1cccc2c1CCCC2.